The fraction of sp³-hybridized carbons (Fsp3) is 0.571. The van der Waals surface area contributed by atoms with Crippen LogP contribution >= 0.6 is 11.6 Å². The Bertz CT molecular complexity index is 717. The van der Waals surface area contributed by atoms with Crippen LogP contribution in [0, 0.1) is 10.1 Å². The highest BCUT2D eigenvalue weighted by Crippen LogP contribution is 2.27. The van der Waals surface area contributed by atoms with E-state index in [2.05, 4.69) is 9.62 Å². The van der Waals surface area contributed by atoms with E-state index in [0.29, 0.717) is 26.3 Å². The van der Waals surface area contributed by atoms with E-state index in [1.165, 1.54) is 6.07 Å². The predicted octanol–water partition coefficient (Wildman–Crippen LogP) is 1.64. The second-order valence-corrected chi connectivity index (χ2v) is 8.28. The predicted molar refractivity (Wildman–Crippen MR) is 89.8 cm³/mol. The van der Waals surface area contributed by atoms with E-state index in [4.69, 9.17) is 16.3 Å². The highest BCUT2D eigenvalue weighted by atomic mass is 35.5. The molecule has 134 valence electrons. The number of nitrogens with zero attached hydrogens (tertiary/aromatic N) is 2. The molecule has 1 saturated heterocycles. The molecule has 1 aliphatic rings. The third kappa shape index (κ3) is 4.42. The van der Waals surface area contributed by atoms with Crippen LogP contribution in [0.2, 0.25) is 5.02 Å². The van der Waals surface area contributed by atoms with Crippen molar-refractivity contribution in [2.45, 2.75) is 24.3 Å². The fourth-order valence-electron chi connectivity index (χ4n) is 2.49. The average Bonchev–Trinajstić information content (AvgIpc) is 2.54. The Hall–Kier alpha value is -1.26. The van der Waals surface area contributed by atoms with Gasteiger partial charge in [-0.2, -0.15) is 0 Å². The first-order chi connectivity index (χ1) is 11.1. The summed E-state index contributed by atoms with van der Waals surface area (Å²) in [5, 5.41) is 11.2. The summed E-state index contributed by atoms with van der Waals surface area (Å²) in [7, 11) is -4.03. The van der Waals surface area contributed by atoms with Gasteiger partial charge in [-0.05, 0) is 26.0 Å². The minimum absolute atomic E-state index is 0.106. The van der Waals surface area contributed by atoms with Gasteiger partial charge in [0, 0.05) is 36.3 Å². The number of morpholine rings is 1. The number of sulfonamides is 1. The summed E-state index contributed by atoms with van der Waals surface area (Å²) in [6.07, 6.45) is 0. The van der Waals surface area contributed by atoms with Crippen LogP contribution in [0.4, 0.5) is 5.69 Å². The molecule has 2 rings (SSSR count). The minimum atomic E-state index is -4.03. The SMILES string of the molecule is CC(C)(CNS(=O)(=O)c1ccc(Cl)cc1[N+](=O)[O-])N1CCOCC1. The van der Waals surface area contributed by atoms with Crippen LogP contribution < -0.4 is 4.72 Å². The molecule has 0 atom stereocenters. The molecule has 0 bridgehead atoms. The Morgan fingerprint density at radius 2 is 2.00 bits per heavy atom. The second-order valence-electron chi connectivity index (χ2n) is 6.11. The molecule has 1 N–H and O–H groups in total. The maximum absolute atomic E-state index is 12.5. The molecular formula is C14H20ClN3O5S. The molecule has 0 amide bonds. The maximum Gasteiger partial charge on any atom is 0.290 e. The zero-order valence-corrected chi connectivity index (χ0v) is 15.1. The van der Waals surface area contributed by atoms with E-state index in [1.54, 1.807) is 0 Å². The number of halogens is 1. The molecule has 1 aliphatic heterocycles. The molecule has 0 radical (unpaired) electrons. The Morgan fingerprint density at radius 1 is 1.38 bits per heavy atom. The standard InChI is InChI=1S/C14H20ClN3O5S/c1-14(2,17-5-7-23-8-6-17)10-16-24(21,22)13-4-3-11(15)9-12(13)18(19)20/h3-4,9,16H,5-8,10H2,1-2H3. The summed E-state index contributed by atoms with van der Waals surface area (Å²) in [5.74, 6) is 0. The summed E-state index contributed by atoms with van der Waals surface area (Å²) < 4.78 is 32.8. The lowest BCUT2D eigenvalue weighted by Crippen LogP contribution is -2.55. The molecule has 1 aromatic carbocycles. The largest absolute Gasteiger partial charge is 0.379 e. The lowest BCUT2D eigenvalue weighted by atomic mass is 10.0. The van der Waals surface area contributed by atoms with Gasteiger partial charge in [0.2, 0.25) is 10.0 Å². The van der Waals surface area contributed by atoms with Crippen LogP contribution in [0.5, 0.6) is 0 Å². The zero-order chi connectivity index (χ0) is 18.0. The van der Waals surface area contributed by atoms with Crippen molar-refractivity contribution in [2.75, 3.05) is 32.8 Å². The summed E-state index contributed by atoms with van der Waals surface area (Å²) in [4.78, 5) is 12.1. The third-order valence-corrected chi connectivity index (χ3v) is 5.65. The van der Waals surface area contributed by atoms with Crippen LogP contribution in [0.15, 0.2) is 23.1 Å². The molecule has 10 heteroatoms. The van der Waals surface area contributed by atoms with Gasteiger partial charge in [0.25, 0.3) is 5.69 Å². The number of hydrogen-bond donors (Lipinski definition) is 1. The van der Waals surface area contributed by atoms with Crippen molar-refractivity contribution in [3.05, 3.63) is 33.3 Å². The van der Waals surface area contributed by atoms with Crippen LogP contribution in [-0.4, -0.2) is 56.6 Å². The number of benzene rings is 1. The zero-order valence-electron chi connectivity index (χ0n) is 13.5. The number of rotatable bonds is 6. The smallest absolute Gasteiger partial charge is 0.290 e. The lowest BCUT2D eigenvalue weighted by Gasteiger charge is -2.40. The first-order valence-electron chi connectivity index (χ1n) is 7.40. The number of nitrogens with one attached hydrogen (secondary N) is 1. The number of nitro benzene ring substituents is 1. The minimum Gasteiger partial charge on any atom is -0.379 e. The normalized spacial score (nSPS) is 17.0. The molecule has 1 heterocycles. The highest BCUT2D eigenvalue weighted by Gasteiger charge is 2.32. The van der Waals surface area contributed by atoms with Gasteiger partial charge in [-0.25, -0.2) is 13.1 Å². The van der Waals surface area contributed by atoms with Crippen molar-refractivity contribution in [3.63, 3.8) is 0 Å². The highest BCUT2D eigenvalue weighted by molar-refractivity contribution is 7.89. The number of hydrogen-bond acceptors (Lipinski definition) is 6. The van der Waals surface area contributed by atoms with E-state index in [9.17, 15) is 18.5 Å². The van der Waals surface area contributed by atoms with Crippen LogP contribution in [0.25, 0.3) is 0 Å². The molecule has 1 aromatic rings. The van der Waals surface area contributed by atoms with Crippen LogP contribution in [0.3, 0.4) is 0 Å². The van der Waals surface area contributed by atoms with Crippen molar-refractivity contribution >= 4 is 27.3 Å². The summed E-state index contributed by atoms with van der Waals surface area (Å²) in [6, 6.07) is 3.49. The quantitative estimate of drug-likeness (QED) is 0.597. The molecule has 0 aromatic heterocycles. The van der Waals surface area contributed by atoms with E-state index < -0.39 is 31.1 Å². The fourth-order valence-corrected chi connectivity index (χ4v) is 4.01. The van der Waals surface area contributed by atoms with Gasteiger partial charge < -0.3 is 4.74 Å². The topological polar surface area (TPSA) is 102 Å². The van der Waals surface area contributed by atoms with Crippen molar-refractivity contribution in [3.8, 4) is 0 Å². The van der Waals surface area contributed by atoms with E-state index in [-0.39, 0.29) is 11.6 Å². The average molecular weight is 378 g/mol. The van der Waals surface area contributed by atoms with Gasteiger partial charge in [-0.15, -0.1) is 0 Å². The molecule has 1 fully saturated rings. The monoisotopic (exact) mass is 377 g/mol. The van der Waals surface area contributed by atoms with Gasteiger partial charge in [-0.3, -0.25) is 15.0 Å². The van der Waals surface area contributed by atoms with Gasteiger partial charge >= 0.3 is 0 Å². The summed E-state index contributed by atoms with van der Waals surface area (Å²) in [5.41, 5.74) is -0.989. The van der Waals surface area contributed by atoms with Crippen molar-refractivity contribution < 1.29 is 18.1 Å². The van der Waals surface area contributed by atoms with Gasteiger partial charge in [0.1, 0.15) is 0 Å². The second kappa shape index (κ2) is 7.32. The van der Waals surface area contributed by atoms with Gasteiger partial charge in [0.15, 0.2) is 4.90 Å². The maximum atomic E-state index is 12.5. The Balaban J connectivity index is 2.18. The summed E-state index contributed by atoms with van der Waals surface area (Å²) in [6.45, 7) is 6.55. The lowest BCUT2D eigenvalue weighted by molar-refractivity contribution is -0.387. The Labute approximate surface area is 145 Å². The van der Waals surface area contributed by atoms with E-state index in [0.717, 1.165) is 12.1 Å². The first kappa shape index (κ1) is 19.1. The van der Waals surface area contributed by atoms with Crippen molar-refractivity contribution in [1.29, 1.82) is 0 Å². The van der Waals surface area contributed by atoms with E-state index >= 15 is 0 Å². The van der Waals surface area contributed by atoms with Crippen molar-refractivity contribution in [1.82, 2.24) is 9.62 Å². The molecule has 0 unspecified atom stereocenters. The molecule has 8 nitrogen and oxygen atoms in total. The number of nitro groups is 1. The molecule has 24 heavy (non-hydrogen) atoms. The van der Waals surface area contributed by atoms with Gasteiger partial charge in [-0.1, -0.05) is 11.6 Å². The van der Waals surface area contributed by atoms with Crippen LogP contribution in [0.1, 0.15) is 13.8 Å². The Kier molecular flexibility index (Phi) is 5.82. The molecular weight excluding hydrogens is 358 g/mol. The number of ether oxygens (including phenoxy) is 1. The summed E-state index contributed by atoms with van der Waals surface area (Å²) >= 11 is 5.72. The third-order valence-electron chi connectivity index (χ3n) is 3.97. The molecule has 0 saturated carbocycles. The molecule has 0 spiro atoms. The Morgan fingerprint density at radius 3 is 2.58 bits per heavy atom. The van der Waals surface area contributed by atoms with E-state index in [1.807, 2.05) is 13.8 Å². The van der Waals surface area contributed by atoms with Crippen LogP contribution in [-0.2, 0) is 14.8 Å². The molecule has 0 aliphatic carbocycles. The first-order valence-corrected chi connectivity index (χ1v) is 9.26. The van der Waals surface area contributed by atoms with Crippen molar-refractivity contribution in [2.24, 2.45) is 0 Å². The van der Waals surface area contributed by atoms with Gasteiger partial charge in [0.05, 0.1) is 18.1 Å².